The van der Waals surface area contributed by atoms with Crippen LogP contribution < -0.4 is 14.8 Å². The summed E-state index contributed by atoms with van der Waals surface area (Å²) in [6.45, 7) is -2.21. The lowest BCUT2D eigenvalue weighted by Gasteiger charge is -2.36. The van der Waals surface area contributed by atoms with Gasteiger partial charge in [0.1, 0.15) is 17.3 Å². The van der Waals surface area contributed by atoms with Crippen LogP contribution in [0.3, 0.4) is 0 Å². The van der Waals surface area contributed by atoms with Crippen LogP contribution in [0.5, 0.6) is 11.5 Å². The number of hydrogen-bond donors (Lipinski definition) is 1. The van der Waals surface area contributed by atoms with Crippen molar-refractivity contribution in [3.05, 3.63) is 78.1 Å². The zero-order chi connectivity index (χ0) is 24.1. The third-order valence-electron chi connectivity index (χ3n) is 6.03. The second kappa shape index (κ2) is 10.2. The third-order valence-corrected chi connectivity index (χ3v) is 6.03. The van der Waals surface area contributed by atoms with Crippen molar-refractivity contribution < 1.29 is 32.2 Å². The number of benzene rings is 3. The molecule has 1 amide bonds. The number of rotatable bonds is 7. The van der Waals surface area contributed by atoms with E-state index in [-0.39, 0.29) is 17.5 Å². The Bertz CT molecular complexity index is 1130. The van der Waals surface area contributed by atoms with Crippen molar-refractivity contribution in [2.45, 2.75) is 24.9 Å². The maximum absolute atomic E-state index is 13.5. The molecule has 0 radical (unpaired) electrons. The zero-order valence-electron chi connectivity index (χ0n) is 18.5. The van der Waals surface area contributed by atoms with Crippen molar-refractivity contribution in [1.29, 1.82) is 0 Å². The molecule has 1 aliphatic heterocycles. The fourth-order valence-corrected chi connectivity index (χ4v) is 4.19. The van der Waals surface area contributed by atoms with Crippen LogP contribution in [0.15, 0.2) is 66.7 Å². The van der Waals surface area contributed by atoms with E-state index in [1.165, 1.54) is 31.4 Å². The molecule has 178 valence electrons. The van der Waals surface area contributed by atoms with Gasteiger partial charge < -0.3 is 19.5 Å². The summed E-state index contributed by atoms with van der Waals surface area (Å²) in [6.07, 6.45) is 0.866. The Morgan fingerprint density at radius 1 is 1.00 bits per heavy atom. The molecule has 4 rings (SSSR count). The van der Waals surface area contributed by atoms with E-state index in [1.807, 2.05) is 0 Å². The molecule has 0 atom stereocenters. The summed E-state index contributed by atoms with van der Waals surface area (Å²) in [4.78, 5) is 13.5. The quantitative estimate of drug-likeness (QED) is 0.474. The van der Waals surface area contributed by atoms with Crippen molar-refractivity contribution in [2.24, 2.45) is 0 Å². The van der Waals surface area contributed by atoms with E-state index in [0.717, 1.165) is 0 Å². The van der Waals surface area contributed by atoms with Gasteiger partial charge in [0.2, 0.25) is 5.91 Å². The average Bonchev–Trinajstić information content (AvgIpc) is 2.85. The van der Waals surface area contributed by atoms with Crippen LogP contribution in [0.25, 0.3) is 11.1 Å². The molecule has 0 spiro atoms. The van der Waals surface area contributed by atoms with Gasteiger partial charge in [-0.1, -0.05) is 24.3 Å². The zero-order valence-corrected chi connectivity index (χ0v) is 18.5. The summed E-state index contributed by atoms with van der Waals surface area (Å²) in [5, 5.41) is 2.92. The highest BCUT2D eigenvalue weighted by Gasteiger charge is 2.41. The monoisotopic (exact) mass is 471 g/mol. The van der Waals surface area contributed by atoms with Gasteiger partial charge in [-0.15, -0.1) is 0 Å². The molecular formula is C26H24F3NO4. The molecule has 0 aliphatic carbocycles. The fourth-order valence-electron chi connectivity index (χ4n) is 4.19. The summed E-state index contributed by atoms with van der Waals surface area (Å²) >= 11 is 0. The van der Waals surface area contributed by atoms with E-state index in [0.29, 0.717) is 54.2 Å². The van der Waals surface area contributed by atoms with Crippen LogP contribution in [-0.4, -0.2) is 32.8 Å². The lowest BCUT2D eigenvalue weighted by atomic mass is 9.73. The summed E-state index contributed by atoms with van der Waals surface area (Å²) in [6, 6.07) is 17.2. The predicted molar refractivity (Wildman–Crippen MR) is 122 cm³/mol. The maximum atomic E-state index is 13.5. The average molecular weight is 471 g/mol. The van der Waals surface area contributed by atoms with Crippen LogP contribution >= 0.6 is 0 Å². The maximum Gasteiger partial charge on any atom is 0.387 e. The molecule has 1 fully saturated rings. The first-order valence-corrected chi connectivity index (χ1v) is 10.8. The first-order valence-electron chi connectivity index (χ1n) is 10.8. The smallest absolute Gasteiger partial charge is 0.387 e. The molecule has 1 heterocycles. The number of ether oxygens (including phenoxy) is 3. The molecule has 34 heavy (non-hydrogen) atoms. The van der Waals surface area contributed by atoms with Gasteiger partial charge in [0, 0.05) is 24.5 Å². The van der Waals surface area contributed by atoms with Crippen LogP contribution in [0, 0.1) is 5.82 Å². The Kier molecular flexibility index (Phi) is 7.07. The molecule has 1 aliphatic rings. The molecule has 0 bridgehead atoms. The fraction of sp³-hybridized carbons (Fsp3) is 0.269. The van der Waals surface area contributed by atoms with E-state index in [4.69, 9.17) is 14.2 Å². The predicted octanol–water partition coefficient (Wildman–Crippen LogP) is 5.79. The second-order valence-corrected chi connectivity index (χ2v) is 7.97. The lowest BCUT2D eigenvalue weighted by Crippen LogP contribution is -2.44. The molecule has 3 aromatic rings. The third kappa shape index (κ3) is 5.02. The number of halogens is 3. The molecule has 1 saturated heterocycles. The summed E-state index contributed by atoms with van der Waals surface area (Å²) in [7, 11) is 1.53. The number of amides is 1. The molecule has 3 aromatic carbocycles. The molecule has 1 N–H and O–H groups in total. The molecule has 8 heteroatoms. The van der Waals surface area contributed by atoms with Crippen molar-refractivity contribution in [1.82, 2.24) is 0 Å². The van der Waals surface area contributed by atoms with Crippen molar-refractivity contribution in [3.8, 4) is 22.6 Å². The van der Waals surface area contributed by atoms with E-state index >= 15 is 0 Å². The van der Waals surface area contributed by atoms with Gasteiger partial charge in [0.05, 0.1) is 12.5 Å². The summed E-state index contributed by atoms with van der Waals surface area (Å²) in [5.41, 5.74) is 1.23. The van der Waals surface area contributed by atoms with Crippen molar-refractivity contribution >= 4 is 11.6 Å². The lowest BCUT2D eigenvalue weighted by molar-refractivity contribution is -0.125. The Balaban J connectivity index is 1.67. The van der Waals surface area contributed by atoms with Gasteiger partial charge in [0.15, 0.2) is 0 Å². The summed E-state index contributed by atoms with van der Waals surface area (Å²) in [5.74, 6) is -0.0569. The highest BCUT2D eigenvalue weighted by Crippen LogP contribution is 2.38. The topological polar surface area (TPSA) is 56.8 Å². The van der Waals surface area contributed by atoms with Gasteiger partial charge in [-0.05, 0) is 66.4 Å². The number of alkyl halides is 2. The minimum Gasteiger partial charge on any atom is -0.497 e. The largest absolute Gasteiger partial charge is 0.497 e. The van der Waals surface area contributed by atoms with Crippen molar-refractivity contribution in [2.75, 3.05) is 25.6 Å². The number of methoxy groups -OCH3 is 1. The van der Waals surface area contributed by atoms with Gasteiger partial charge >= 0.3 is 6.61 Å². The Morgan fingerprint density at radius 3 is 2.29 bits per heavy atom. The van der Waals surface area contributed by atoms with Crippen LogP contribution in [0.1, 0.15) is 18.4 Å². The minimum absolute atomic E-state index is 0.0162. The highest BCUT2D eigenvalue weighted by molar-refractivity contribution is 6.00. The van der Waals surface area contributed by atoms with Gasteiger partial charge in [-0.3, -0.25) is 4.79 Å². The Labute approximate surface area is 195 Å². The van der Waals surface area contributed by atoms with Crippen molar-refractivity contribution in [3.63, 3.8) is 0 Å². The standard InChI is InChI=1S/C26H24F3NO4/c1-32-21-9-2-17(3-10-21)22-16-20(8-11-23(22)34-25(28)29)30-24(31)26(12-14-33-15-13-26)18-4-6-19(27)7-5-18/h2-11,16,25H,12-15H2,1H3,(H,30,31). The Morgan fingerprint density at radius 2 is 1.68 bits per heavy atom. The number of anilines is 1. The minimum atomic E-state index is -3.00. The first kappa shape index (κ1) is 23.6. The van der Waals surface area contributed by atoms with E-state index in [1.54, 1.807) is 42.5 Å². The molecular weight excluding hydrogens is 447 g/mol. The molecule has 0 aromatic heterocycles. The molecule has 0 saturated carbocycles. The highest BCUT2D eigenvalue weighted by atomic mass is 19.3. The van der Waals surface area contributed by atoms with Gasteiger partial charge in [-0.25, -0.2) is 4.39 Å². The van der Waals surface area contributed by atoms with Gasteiger partial charge in [-0.2, -0.15) is 8.78 Å². The number of nitrogens with one attached hydrogen (secondary N) is 1. The van der Waals surface area contributed by atoms with E-state index < -0.39 is 12.0 Å². The van der Waals surface area contributed by atoms with Crippen LogP contribution in [0.2, 0.25) is 0 Å². The van der Waals surface area contributed by atoms with E-state index in [9.17, 15) is 18.0 Å². The first-order chi connectivity index (χ1) is 16.4. The molecule has 0 unspecified atom stereocenters. The SMILES string of the molecule is COc1ccc(-c2cc(NC(=O)C3(c4ccc(F)cc4)CCOCC3)ccc2OC(F)F)cc1. The second-order valence-electron chi connectivity index (χ2n) is 7.97. The normalized spacial score (nSPS) is 15.1. The number of hydrogen-bond acceptors (Lipinski definition) is 4. The Hall–Kier alpha value is -3.52. The van der Waals surface area contributed by atoms with Crippen LogP contribution in [-0.2, 0) is 14.9 Å². The molecule has 5 nitrogen and oxygen atoms in total. The number of carbonyl (C=O) groups excluding carboxylic acids is 1. The van der Waals surface area contributed by atoms with Crippen LogP contribution in [0.4, 0.5) is 18.9 Å². The summed E-state index contributed by atoms with van der Waals surface area (Å²) < 4.78 is 54.9. The number of carbonyl (C=O) groups is 1. The van der Waals surface area contributed by atoms with E-state index in [2.05, 4.69) is 5.32 Å². The van der Waals surface area contributed by atoms with Gasteiger partial charge in [0.25, 0.3) is 0 Å².